The van der Waals surface area contributed by atoms with E-state index in [9.17, 15) is 88.5 Å². The van der Waals surface area contributed by atoms with E-state index in [4.69, 9.17) is 77.9 Å². The zero-order valence-electron chi connectivity index (χ0n) is 74.5. The average Bonchev–Trinajstić information content (AvgIpc) is 0.752. The van der Waals surface area contributed by atoms with Crippen LogP contribution in [-0.4, -0.2) is 311 Å². The number of alkyl carbamates (subject to hydrolysis) is 1. The van der Waals surface area contributed by atoms with Crippen LogP contribution < -0.4 is 63.1 Å². The van der Waals surface area contributed by atoms with Gasteiger partial charge < -0.3 is 140 Å². The summed E-state index contributed by atoms with van der Waals surface area (Å²) in [5.74, 6) is 4.21. The first-order chi connectivity index (χ1) is 62.3. The van der Waals surface area contributed by atoms with Gasteiger partial charge in [0.15, 0.2) is 41.8 Å². The predicted molar refractivity (Wildman–Crippen MR) is 480 cm³/mol. The third-order valence-corrected chi connectivity index (χ3v) is 27.3. The highest BCUT2D eigenvalue weighted by Gasteiger charge is 2.53. The third kappa shape index (κ3) is 28.9. The van der Waals surface area contributed by atoms with Gasteiger partial charge in [-0.25, -0.2) is 14.4 Å². The highest BCUT2D eigenvalue weighted by Crippen LogP contribution is 2.50. The number of carboxylic acids is 2. The Kier molecular flexibility index (Phi) is 42.0. The number of ketones is 1. The van der Waals surface area contributed by atoms with Gasteiger partial charge in [0.1, 0.15) is 66.6 Å². The minimum absolute atomic E-state index is 0.0101. The molecule has 2 aliphatic carbocycles. The summed E-state index contributed by atoms with van der Waals surface area (Å²) >= 11 is 2.70. The number of amides is 8. The number of aliphatic hydroxyl groups is 5. The first kappa shape index (κ1) is 108. The number of carbonyl (C=O) groups excluding carboxylic acids is 9. The van der Waals surface area contributed by atoms with Crippen molar-refractivity contribution in [2.45, 2.75) is 258 Å². The zero-order valence-corrected chi connectivity index (χ0v) is 79.1. The van der Waals surface area contributed by atoms with E-state index in [0.717, 1.165) is 29.7 Å². The van der Waals surface area contributed by atoms with Crippen LogP contribution in [0.1, 0.15) is 128 Å². The summed E-state index contributed by atoms with van der Waals surface area (Å²) in [6, 6.07) is -0.105. The number of aliphatic hydroxyl groups excluding tert-OH is 4. The number of rotatable bonds is 43. The van der Waals surface area contributed by atoms with Gasteiger partial charge in [0, 0.05) is 69.7 Å². The molecular formula is C85H117IN10O32S3. The number of ether oxygens (including phenoxy) is 13. The lowest BCUT2D eigenvalue weighted by Gasteiger charge is -2.47. The number of fused-ring (bicyclic) bond motifs is 2. The van der Waals surface area contributed by atoms with Crippen LogP contribution >= 0.6 is 55.9 Å². The Labute approximate surface area is 782 Å². The Balaban J connectivity index is 1.02. The lowest BCUT2D eigenvalue weighted by Crippen LogP contribution is -2.65. The Hall–Kier alpha value is -8.71. The summed E-state index contributed by atoms with van der Waals surface area (Å²) in [4.78, 5) is 153. The van der Waals surface area contributed by atoms with Crippen molar-refractivity contribution in [3.05, 3.63) is 79.6 Å². The van der Waals surface area contributed by atoms with E-state index in [0.29, 0.717) is 44.9 Å². The number of anilines is 1. The molecule has 0 saturated carbocycles. The van der Waals surface area contributed by atoms with E-state index in [1.165, 1.54) is 77.5 Å². The second-order valence-electron chi connectivity index (χ2n) is 31.6. The second kappa shape index (κ2) is 51.1. The van der Waals surface area contributed by atoms with Gasteiger partial charge in [0.25, 0.3) is 0 Å². The molecule has 2 aromatic rings. The Morgan fingerprint density at radius 2 is 1.47 bits per heavy atom. The minimum atomic E-state index is -2.39. The maximum atomic E-state index is 14.7. The number of hydroxylamine groups is 1. The molecule has 2 aromatic carbocycles. The number of urea groups is 1. The second-order valence-corrected chi connectivity index (χ2v) is 36.4. The SMILES string of the molecule is CCN(C(=O)OCc1ccc(NC(=O)[C@H](CCCNC(N)=O)NC(=O)[C@@H](NC(=O)[C@H](CCCCN)NC(C)=O)C(C)C)cc1)[C@H]1CO[C@@H](O[C@H]2[C@H](O[C@H]3C#CC=CC#C[C@]4(O)CC(=O)C(NC(=O)OC)=C3/C4=C\CSSC(CC(=O)O)C(=O)O)O[C@H](C)[C@@H](NO[C@H]3C[C@H](O)[C@H](SC(=O)c4c(C)c(I)c(O[C@@H]5O[C@@H](C)[C@H](O)[C@@H](OC)[C@H]5O)c(OC)c4OC)[C@@H](C)O3)[C@@H]2O)C[C@@H]1OC. The molecule has 4 saturated heterocycles. The number of nitrogens with zero attached hydrogens (tertiary/aromatic N) is 1. The number of unbranched alkanes of at least 4 members (excludes halogenated alkanes) is 1. The van der Waals surface area contributed by atoms with Gasteiger partial charge in [-0.1, -0.05) is 89.1 Å². The van der Waals surface area contributed by atoms with Crippen LogP contribution in [0.5, 0.6) is 17.2 Å². The topological polar surface area (TPSA) is 598 Å². The molecule has 2 bridgehead atoms. The number of nitrogens with two attached hydrogens (primary N) is 2. The molecular weight excluding hydrogens is 1900 g/mol. The first-order valence-electron chi connectivity index (χ1n) is 42.1. The number of methoxy groups -OCH3 is 5. The zero-order chi connectivity index (χ0) is 96.4. The van der Waals surface area contributed by atoms with Crippen LogP contribution in [0.2, 0.25) is 0 Å². The van der Waals surface area contributed by atoms with Gasteiger partial charge in [0.2, 0.25) is 40.8 Å². The third-order valence-electron chi connectivity index (χ3n) is 22.0. The highest BCUT2D eigenvalue weighted by molar-refractivity contribution is 14.1. The summed E-state index contributed by atoms with van der Waals surface area (Å²) in [6.07, 6.45) is -18.6. The monoisotopic (exact) mass is 2010 g/mol. The number of benzene rings is 2. The molecule has 8 rings (SSSR count). The largest absolute Gasteiger partial charge is 0.492 e. The number of carboxylic acid groups (broad SMARTS) is 2. The molecule has 131 heavy (non-hydrogen) atoms. The van der Waals surface area contributed by atoms with Crippen LogP contribution in [-0.2, 0) is 92.4 Å². The van der Waals surface area contributed by atoms with Gasteiger partial charge in [-0.2, -0.15) is 5.48 Å². The number of primary amides is 1. The highest BCUT2D eigenvalue weighted by atomic mass is 127. The smallest absolute Gasteiger partial charge is 0.411 e. The van der Waals surface area contributed by atoms with Crippen LogP contribution in [0.25, 0.3) is 0 Å². The molecule has 6 aliphatic rings. The molecule has 46 heteroatoms. The van der Waals surface area contributed by atoms with E-state index < -0.39 is 228 Å². The summed E-state index contributed by atoms with van der Waals surface area (Å²) in [5.41, 5.74) is 11.5. The van der Waals surface area contributed by atoms with Crippen LogP contribution in [0.15, 0.2) is 59.3 Å². The van der Waals surface area contributed by atoms with Crippen molar-refractivity contribution in [2.24, 2.45) is 17.4 Å². The standard InChI is InChI=1S/C85H117IN10O32S3/c1-14-96(84(113)121-38-46-25-27-47(28-26-46)91-75(105)50(23-21-32-89-82(88)111)92-77(107)63(40(2)3)93-76(106)49(90-45(8)97)22-18-20-31-87)51-39-120-58(35-55(51)115-9)126-72-67(103)64(42(5)123-81(72)125-54-24-17-15-16-19-30-85(114)37-53(99)65(94-83(112)119-13)61(54)48(85)29-33-129-131-56(78(108)109)36-57(100)101)95-128-59-34-52(98)74(44(7)122-59)130-79(110)60-41(4)62(86)70(73(118-12)69(60)116-10)127-80-68(104)71(117-11)66(102)43(6)124-80/h15-16,25-29,40,42-44,49-52,54-56,58-59,63-64,66-68,71-72,74,80-81,95,98,102-104,114H,14,18,20-23,31-39,87H2,1-13H3,(H,90,97)(H,91,105)(H,92,107)(H,93,106)(H,94,112)(H,100,101)(H,108,109)(H3,88,89,111)/b16-15?,48-29+/t42-,43+,44-,49+,50+,51+,52+,54+,55+,56?,58+,59+,63+,64-,66+,67+,68-,71-,72-,74-,80+,81+,85+/m1/s1. The number of halogens is 1. The fourth-order valence-corrected chi connectivity index (χ4v) is 19.1. The fourth-order valence-electron chi connectivity index (χ4n) is 15.2. The number of carbonyl (C=O) groups is 11. The predicted octanol–water partition coefficient (Wildman–Crippen LogP) is 2.54. The number of hydrogen-bond acceptors (Lipinski definition) is 35. The molecule has 0 aromatic heterocycles. The molecule has 23 atom stereocenters. The number of nitrogens with one attached hydrogen (secondary N) is 7. The lowest BCUT2D eigenvalue weighted by molar-refractivity contribution is -0.337. The van der Waals surface area contributed by atoms with Gasteiger partial charge in [-0.05, 0) is 137 Å². The number of thioether (sulfide) groups is 1. The number of aliphatic carboxylic acids is 2. The summed E-state index contributed by atoms with van der Waals surface area (Å²) in [6.45, 7) is 12.5. The number of allylic oxidation sites excluding steroid dienone is 3. The molecule has 8 amide bonds. The van der Waals surface area contributed by atoms with Crippen molar-refractivity contribution < 1.29 is 155 Å². The summed E-state index contributed by atoms with van der Waals surface area (Å²) < 4.78 is 79.2. The van der Waals surface area contributed by atoms with Crippen molar-refractivity contribution in [1.82, 2.24) is 37.0 Å². The number of hydrogen-bond donors (Lipinski definition) is 16. The molecule has 0 radical (unpaired) electrons. The average molecular weight is 2010 g/mol. The van der Waals surface area contributed by atoms with Gasteiger partial charge in [0.05, 0.1) is 103 Å². The molecule has 4 aliphatic heterocycles. The van der Waals surface area contributed by atoms with E-state index in [-0.39, 0.29) is 104 Å². The maximum absolute atomic E-state index is 14.7. The van der Waals surface area contributed by atoms with Crippen molar-refractivity contribution in [3.8, 4) is 40.9 Å². The molecule has 4 heterocycles. The van der Waals surface area contributed by atoms with Crippen LogP contribution in [0, 0.1) is 40.1 Å². The molecule has 1 unspecified atom stereocenters. The molecule has 18 N–H and O–H groups in total. The quantitative estimate of drug-likeness (QED) is 0.0149. The van der Waals surface area contributed by atoms with E-state index in [2.05, 4.69) is 61.1 Å². The van der Waals surface area contributed by atoms with Crippen LogP contribution in [0.4, 0.5) is 20.1 Å². The van der Waals surface area contributed by atoms with Gasteiger partial charge in [-0.3, -0.25) is 48.5 Å². The Morgan fingerprint density at radius 1 is 0.779 bits per heavy atom. The minimum Gasteiger partial charge on any atom is -0.492 e. The van der Waals surface area contributed by atoms with E-state index >= 15 is 0 Å². The molecule has 0 spiro atoms. The van der Waals surface area contributed by atoms with Crippen molar-refractivity contribution in [3.63, 3.8) is 0 Å². The molecule has 724 valence electrons. The normalized spacial score (nSPS) is 27.6. The fraction of sp³-hybridized carbons (Fsp3) is 0.612. The van der Waals surface area contributed by atoms with E-state index in [1.807, 2.05) is 22.6 Å². The summed E-state index contributed by atoms with van der Waals surface area (Å²) in [5, 5.41) is 91.5. The Morgan fingerprint density at radius 3 is 2.09 bits per heavy atom. The maximum Gasteiger partial charge on any atom is 0.411 e. The van der Waals surface area contributed by atoms with E-state index in [1.54, 1.807) is 53.7 Å². The molecule has 4 fully saturated rings. The lowest BCUT2D eigenvalue weighted by atomic mass is 9.75. The van der Waals surface area contributed by atoms with Crippen molar-refractivity contribution >= 4 is 126 Å². The van der Waals surface area contributed by atoms with Crippen molar-refractivity contribution in [2.75, 3.05) is 72.9 Å². The van der Waals surface area contributed by atoms with Gasteiger partial charge >= 0.3 is 30.2 Å². The number of Topliss-reactive ketones (excluding diaryl/α,β-unsaturated/α-hetero) is 1. The number of likely N-dealkylation sites (N-methyl/N-ethyl adjacent to an activating group) is 1. The first-order valence-corrected chi connectivity index (χ1v) is 46.4. The summed E-state index contributed by atoms with van der Waals surface area (Å²) in [7, 11) is 7.93. The van der Waals surface area contributed by atoms with Gasteiger partial charge in [-0.15, -0.1) is 0 Å². The van der Waals surface area contributed by atoms with Crippen molar-refractivity contribution in [1.29, 1.82) is 0 Å². The van der Waals surface area contributed by atoms with Crippen LogP contribution in [0.3, 0.4) is 0 Å². The molecule has 42 nitrogen and oxygen atoms in total. The Bertz CT molecular complexity index is 4580.